The van der Waals surface area contributed by atoms with E-state index >= 15 is 0 Å². The number of aromatic nitrogens is 3. The number of ether oxygens (including phenoxy) is 1. The van der Waals surface area contributed by atoms with E-state index in [9.17, 15) is 42.4 Å². The fraction of sp³-hybridized carbons (Fsp3) is 0.533. The Bertz CT molecular complexity index is 1470. The molecule has 0 bridgehead atoms. The van der Waals surface area contributed by atoms with Crippen LogP contribution in [-0.4, -0.2) is 77.3 Å². The summed E-state index contributed by atoms with van der Waals surface area (Å²) in [5, 5.41) is 51.6. The maximum absolute atomic E-state index is 14.2. The summed E-state index contributed by atoms with van der Waals surface area (Å²) in [4.78, 5) is 0. The van der Waals surface area contributed by atoms with Gasteiger partial charge in [-0.05, 0) is 54.9 Å². The van der Waals surface area contributed by atoms with Gasteiger partial charge in [-0.3, -0.25) is 0 Å². The van der Waals surface area contributed by atoms with E-state index in [1.165, 1.54) is 6.20 Å². The molecule has 1 aliphatic heterocycles. The monoisotopic (exact) mass is 641 g/mol. The Hall–Kier alpha value is -2.62. The summed E-state index contributed by atoms with van der Waals surface area (Å²) >= 11 is 1.03. The maximum Gasteiger partial charge on any atom is 0.248 e. The molecule has 8 nitrogen and oxygen atoms in total. The summed E-state index contributed by atoms with van der Waals surface area (Å²) in [7, 11) is 0. The third-order valence-electron chi connectivity index (χ3n) is 8.85. The Balaban J connectivity index is 1.34. The first-order valence-corrected chi connectivity index (χ1v) is 15.4. The van der Waals surface area contributed by atoms with Gasteiger partial charge in [-0.15, -0.1) is 16.9 Å². The highest BCUT2D eigenvalue weighted by molar-refractivity contribution is 8.00. The average Bonchev–Trinajstić information content (AvgIpc) is 3.74. The van der Waals surface area contributed by atoms with E-state index < -0.39 is 83.5 Å². The molecule has 238 valence electrons. The zero-order valence-electron chi connectivity index (χ0n) is 23.4. The predicted octanol–water partition coefficient (Wildman–Crippen LogP) is 4.63. The molecule has 3 aliphatic rings. The van der Waals surface area contributed by atoms with Crippen LogP contribution in [0.5, 0.6) is 0 Å². The fourth-order valence-corrected chi connectivity index (χ4v) is 7.85. The number of rotatable bonds is 8. The van der Waals surface area contributed by atoms with E-state index in [4.69, 9.17) is 4.74 Å². The molecule has 0 amide bonds. The van der Waals surface area contributed by atoms with Crippen LogP contribution in [0.2, 0.25) is 0 Å². The lowest BCUT2D eigenvalue weighted by molar-refractivity contribution is -0.179. The average molecular weight is 642 g/mol. The predicted molar refractivity (Wildman–Crippen MR) is 149 cm³/mol. The van der Waals surface area contributed by atoms with Crippen molar-refractivity contribution in [3.05, 3.63) is 71.2 Å². The summed E-state index contributed by atoms with van der Waals surface area (Å²) in [6.07, 6.45) is -2.55. The largest absolute Gasteiger partial charge is 0.394 e. The molecule has 2 aromatic carbocycles. The summed E-state index contributed by atoms with van der Waals surface area (Å²) in [5.74, 6) is -7.17. The van der Waals surface area contributed by atoms with E-state index in [-0.39, 0.29) is 30.0 Å². The van der Waals surface area contributed by atoms with E-state index in [0.29, 0.717) is 0 Å². The first-order valence-electron chi connectivity index (χ1n) is 14.4. The molecule has 44 heavy (non-hydrogen) atoms. The molecule has 6 atom stereocenters. The molecule has 2 saturated carbocycles. The number of hydrogen-bond acceptors (Lipinski definition) is 8. The molecule has 3 fully saturated rings. The van der Waals surface area contributed by atoms with Gasteiger partial charge in [0.1, 0.15) is 35.5 Å². The smallest absolute Gasteiger partial charge is 0.248 e. The highest BCUT2D eigenvalue weighted by atomic mass is 32.2. The lowest BCUT2D eigenvalue weighted by Gasteiger charge is -2.46. The Morgan fingerprint density at radius 3 is 2.30 bits per heavy atom. The van der Waals surface area contributed by atoms with E-state index in [0.717, 1.165) is 52.5 Å². The van der Waals surface area contributed by atoms with Crippen molar-refractivity contribution >= 4 is 11.8 Å². The van der Waals surface area contributed by atoms with Crippen molar-refractivity contribution in [1.29, 1.82) is 0 Å². The second-order valence-corrected chi connectivity index (χ2v) is 13.1. The van der Waals surface area contributed by atoms with Gasteiger partial charge >= 0.3 is 0 Å². The van der Waals surface area contributed by atoms with Crippen LogP contribution in [0.25, 0.3) is 11.3 Å². The molecule has 1 aromatic heterocycles. The summed E-state index contributed by atoms with van der Waals surface area (Å²) in [5.41, 5.74) is -1.24. The van der Waals surface area contributed by atoms with Gasteiger partial charge in [0.2, 0.25) is 5.92 Å². The van der Waals surface area contributed by atoms with Crippen LogP contribution in [0.15, 0.2) is 42.6 Å². The van der Waals surface area contributed by atoms with Crippen molar-refractivity contribution in [2.75, 3.05) is 6.61 Å². The highest BCUT2D eigenvalue weighted by Crippen LogP contribution is 2.55. The highest BCUT2D eigenvalue weighted by Gasteiger charge is 2.52. The van der Waals surface area contributed by atoms with Gasteiger partial charge in [-0.1, -0.05) is 29.5 Å². The second-order valence-electron chi connectivity index (χ2n) is 11.9. The number of nitrogens with zero attached hydrogens (tertiary/aromatic N) is 3. The minimum atomic E-state index is -2.91. The van der Waals surface area contributed by atoms with Crippen LogP contribution in [0, 0.1) is 17.5 Å². The molecule has 2 heterocycles. The fourth-order valence-electron chi connectivity index (χ4n) is 6.20. The number of thioether (sulfide) groups is 1. The van der Waals surface area contributed by atoms with Gasteiger partial charge in [0, 0.05) is 18.4 Å². The Morgan fingerprint density at radius 2 is 1.66 bits per heavy atom. The molecular weight excluding hydrogens is 609 g/mol. The minimum Gasteiger partial charge on any atom is -0.394 e. The first kappa shape index (κ1) is 31.4. The molecule has 14 heteroatoms. The van der Waals surface area contributed by atoms with Gasteiger partial charge in [-0.25, -0.2) is 26.6 Å². The molecule has 0 radical (unpaired) electrons. The maximum atomic E-state index is 14.2. The number of hydrogen-bond donors (Lipinski definition) is 4. The standard InChI is InChI=1S/C30H32F5N3O5S/c31-19-11-16(12-20(32)23(19)33)21-13-38(37-36-21)24-25(40)22(14-39)43-28(26(24)41)44-27(29(42)7-9-30(34,35)10-8-29)18-4-2-1-3-17(18)15-5-6-15/h1-4,11-13,15,22,24-28,39-42H,5-10,14H2/t22-,24+,25+,26-,27+,28+/m1/s1. The molecule has 1 saturated heterocycles. The van der Waals surface area contributed by atoms with Crippen molar-refractivity contribution in [3.8, 4) is 11.3 Å². The third kappa shape index (κ3) is 5.99. The Kier molecular flexibility index (Phi) is 8.52. The molecule has 2 aliphatic carbocycles. The van der Waals surface area contributed by atoms with Crippen LogP contribution >= 0.6 is 11.8 Å². The van der Waals surface area contributed by atoms with Crippen LogP contribution in [0.3, 0.4) is 0 Å². The molecular formula is C30H32F5N3O5S. The van der Waals surface area contributed by atoms with Gasteiger partial charge in [0.25, 0.3) is 0 Å². The molecule has 0 spiro atoms. The number of aliphatic hydroxyl groups excluding tert-OH is 3. The molecule has 0 unspecified atom stereocenters. The summed E-state index contributed by atoms with van der Waals surface area (Å²) in [6.45, 7) is -0.656. The van der Waals surface area contributed by atoms with Gasteiger partial charge in [0.15, 0.2) is 17.5 Å². The quantitative estimate of drug-likeness (QED) is 0.208. The van der Waals surface area contributed by atoms with Crippen molar-refractivity contribution in [2.45, 2.75) is 91.0 Å². The molecule has 4 N–H and O–H groups in total. The van der Waals surface area contributed by atoms with E-state index in [2.05, 4.69) is 10.3 Å². The van der Waals surface area contributed by atoms with Crippen LogP contribution in [0.4, 0.5) is 22.0 Å². The summed E-state index contributed by atoms with van der Waals surface area (Å²) < 4.78 is 76.7. The SMILES string of the molecule is OC[C@H]1O[C@@H](S[C@@H](c2ccccc2C2CC2)C2(O)CCC(F)(F)CC2)[C@H](O)[C@@H](n2cc(-c3cc(F)c(F)c(F)c3)nn2)[C@H]1O. The zero-order chi connectivity index (χ0) is 31.4. The molecule has 3 aromatic rings. The van der Waals surface area contributed by atoms with Crippen molar-refractivity contribution in [1.82, 2.24) is 15.0 Å². The lowest BCUT2D eigenvalue weighted by Crippen LogP contribution is -2.55. The zero-order valence-corrected chi connectivity index (χ0v) is 24.2. The van der Waals surface area contributed by atoms with Crippen molar-refractivity contribution in [2.24, 2.45) is 0 Å². The minimum absolute atomic E-state index is 0.0767. The first-order chi connectivity index (χ1) is 20.9. The third-order valence-corrected chi connectivity index (χ3v) is 10.5. The lowest BCUT2D eigenvalue weighted by atomic mass is 9.77. The van der Waals surface area contributed by atoms with Gasteiger partial charge < -0.3 is 25.2 Å². The normalized spacial score (nSPS) is 29.0. The van der Waals surface area contributed by atoms with E-state index in [1.807, 2.05) is 18.2 Å². The second kappa shape index (κ2) is 12.0. The van der Waals surface area contributed by atoms with Crippen molar-refractivity contribution in [3.63, 3.8) is 0 Å². The van der Waals surface area contributed by atoms with Gasteiger partial charge in [-0.2, -0.15) is 0 Å². The van der Waals surface area contributed by atoms with Crippen molar-refractivity contribution < 1.29 is 47.1 Å². The van der Waals surface area contributed by atoms with Gasteiger partial charge in [0.05, 0.1) is 23.7 Å². The Labute approximate surface area is 253 Å². The Morgan fingerprint density at radius 1 is 1.00 bits per heavy atom. The number of halogens is 5. The van der Waals surface area contributed by atoms with E-state index in [1.54, 1.807) is 6.07 Å². The van der Waals surface area contributed by atoms with Crippen LogP contribution < -0.4 is 0 Å². The molecule has 6 rings (SSSR count). The number of alkyl halides is 2. The topological polar surface area (TPSA) is 121 Å². The summed E-state index contributed by atoms with van der Waals surface area (Å²) in [6, 6.07) is 7.64. The van der Waals surface area contributed by atoms with Crippen LogP contribution in [-0.2, 0) is 4.74 Å². The van der Waals surface area contributed by atoms with Crippen LogP contribution in [0.1, 0.15) is 66.9 Å². The number of benzene rings is 2. The number of aliphatic hydroxyl groups is 4.